The fraction of sp³-hybridized carbons (Fsp3) is 0.400. The van der Waals surface area contributed by atoms with Crippen molar-refractivity contribution < 1.29 is 14.5 Å². The molecule has 1 atom stereocenters. The molecule has 3 N–H and O–H groups in total. The maximum absolute atomic E-state index is 11.1. The van der Waals surface area contributed by atoms with Gasteiger partial charge in [-0.25, -0.2) is 5.48 Å². The molecule has 6 heteroatoms. The largest absolute Gasteiger partial charge is 0.453 e. The summed E-state index contributed by atoms with van der Waals surface area (Å²) in [5, 5.41) is 12.0. The van der Waals surface area contributed by atoms with E-state index >= 15 is 0 Å². The lowest BCUT2D eigenvalue weighted by Gasteiger charge is -2.25. The van der Waals surface area contributed by atoms with Crippen LogP contribution in [0, 0.1) is 0 Å². The van der Waals surface area contributed by atoms with Crippen LogP contribution >= 0.6 is 8.30 Å². The van der Waals surface area contributed by atoms with Gasteiger partial charge in [-0.1, -0.05) is 65.8 Å². The average molecular weight is 443 g/mol. The Kier molecular flexibility index (Phi) is 9.09. The minimum Gasteiger partial charge on any atom is -0.453 e. The van der Waals surface area contributed by atoms with E-state index in [-0.39, 0.29) is 0 Å². The molecular weight excluding hydrogens is 407 g/mol. The van der Waals surface area contributed by atoms with Crippen molar-refractivity contribution in [1.29, 1.82) is 0 Å². The normalized spacial score (nSPS) is 12.6. The van der Waals surface area contributed by atoms with Crippen LogP contribution in [0.1, 0.15) is 81.5 Å². The molecule has 0 heterocycles. The number of carbonyl (C=O) groups excluding carboxylic acids is 1. The van der Waals surface area contributed by atoms with Crippen molar-refractivity contribution in [3.8, 4) is 5.75 Å². The van der Waals surface area contributed by atoms with Gasteiger partial charge in [0.05, 0.1) is 0 Å². The Morgan fingerprint density at radius 1 is 0.968 bits per heavy atom. The van der Waals surface area contributed by atoms with Gasteiger partial charge in [0.1, 0.15) is 5.75 Å². The summed E-state index contributed by atoms with van der Waals surface area (Å²) in [5.74, 6) is 1.66. The van der Waals surface area contributed by atoms with Gasteiger partial charge in [-0.15, -0.1) is 0 Å². The summed E-state index contributed by atoms with van der Waals surface area (Å²) < 4.78 is 6.52. The van der Waals surface area contributed by atoms with E-state index in [2.05, 4.69) is 65.4 Å². The molecule has 0 fully saturated rings. The van der Waals surface area contributed by atoms with Gasteiger partial charge in [-0.3, -0.25) is 10.0 Å². The zero-order valence-electron chi connectivity index (χ0n) is 19.6. The highest BCUT2D eigenvalue weighted by Gasteiger charge is 2.20. The van der Waals surface area contributed by atoms with E-state index in [4.69, 9.17) is 9.73 Å². The van der Waals surface area contributed by atoms with E-state index in [0.29, 0.717) is 17.8 Å². The number of nitrogens with one attached hydrogen (secondary N) is 2. The van der Waals surface area contributed by atoms with Gasteiger partial charge >= 0.3 is 0 Å². The van der Waals surface area contributed by atoms with Crippen LogP contribution in [0.2, 0.25) is 0 Å². The Morgan fingerprint density at radius 3 is 1.97 bits per heavy atom. The van der Waals surface area contributed by atoms with Crippen LogP contribution < -0.4 is 15.1 Å². The zero-order valence-corrected chi connectivity index (χ0v) is 20.5. The van der Waals surface area contributed by atoms with Gasteiger partial charge < -0.3 is 9.61 Å². The molecule has 2 aromatic rings. The molecule has 2 rings (SSSR count). The van der Waals surface area contributed by atoms with Crippen LogP contribution in [-0.2, 0) is 4.79 Å². The second-order valence-corrected chi connectivity index (χ2v) is 10.0. The Bertz CT molecular complexity index is 876. The van der Waals surface area contributed by atoms with Crippen molar-refractivity contribution in [1.82, 2.24) is 5.48 Å². The van der Waals surface area contributed by atoms with Crippen LogP contribution in [0.25, 0.3) is 6.08 Å². The zero-order chi connectivity index (χ0) is 23.1. The highest BCUT2D eigenvalue weighted by molar-refractivity contribution is 7.53. The third-order valence-corrected chi connectivity index (χ3v) is 6.07. The quantitative estimate of drug-likeness (QED) is 0.169. The molecule has 2 aromatic carbocycles. The predicted molar refractivity (Wildman–Crippen MR) is 131 cm³/mol. The van der Waals surface area contributed by atoms with Gasteiger partial charge in [-0.05, 0) is 58.2 Å². The molecule has 0 radical (unpaired) electrons. The lowest BCUT2D eigenvalue weighted by Crippen LogP contribution is -2.14. The molecular formula is C25H35N2O3P. The minimum absolute atomic E-state index is 0.372. The Hall–Kier alpha value is -2.36. The molecule has 0 aromatic heterocycles. The predicted octanol–water partition coefficient (Wildman–Crippen LogP) is 7.01. The molecule has 5 nitrogen and oxygen atoms in total. The van der Waals surface area contributed by atoms with E-state index in [0.717, 1.165) is 17.0 Å². The maximum atomic E-state index is 11.1. The number of hydrogen-bond acceptors (Lipinski definition) is 4. The van der Waals surface area contributed by atoms with Gasteiger partial charge in [0.15, 0.2) is 8.30 Å². The molecule has 0 saturated carbocycles. The van der Waals surface area contributed by atoms with E-state index in [1.807, 2.05) is 24.3 Å². The molecule has 0 spiro atoms. The first-order valence-corrected chi connectivity index (χ1v) is 12.4. The number of benzene rings is 2. The Morgan fingerprint density at radius 2 is 1.52 bits per heavy atom. The van der Waals surface area contributed by atoms with Crippen LogP contribution in [0.3, 0.4) is 0 Å². The van der Waals surface area contributed by atoms with E-state index in [9.17, 15) is 4.79 Å². The number of anilines is 1. The number of rotatable bonds is 9. The first-order valence-electron chi connectivity index (χ1n) is 10.7. The van der Waals surface area contributed by atoms with Crippen molar-refractivity contribution in [2.45, 2.75) is 59.3 Å². The second-order valence-electron chi connectivity index (χ2n) is 8.62. The van der Waals surface area contributed by atoms with Gasteiger partial charge in [0, 0.05) is 18.4 Å². The molecule has 0 bridgehead atoms. The van der Waals surface area contributed by atoms with E-state index in [1.165, 1.54) is 22.8 Å². The second kappa shape index (κ2) is 11.3. The first-order chi connectivity index (χ1) is 14.6. The topological polar surface area (TPSA) is 70.6 Å². The average Bonchev–Trinajstić information content (AvgIpc) is 2.72. The van der Waals surface area contributed by atoms with Crippen molar-refractivity contribution in [2.24, 2.45) is 0 Å². The van der Waals surface area contributed by atoms with Crippen molar-refractivity contribution in [3.63, 3.8) is 0 Å². The number of carbonyl (C=O) groups is 1. The first kappa shape index (κ1) is 24.9. The van der Waals surface area contributed by atoms with Gasteiger partial charge in [0.25, 0.3) is 5.91 Å². The van der Waals surface area contributed by atoms with E-state index < -0.39 is 14.2 Å². The number of hydroxylamine groups is 1. The van der Waals surface area contributed by atoms with Gasteiger partial charge in [0.2, 0.25) is 0 Å². The highest BCUT2D eigenvalue weighted by Crippen LogP contribution is 2.44. The maximum Gasteiger partial charge on any atom is 0.267 e. The van der Waals surface area contributed by atoms with Gasteiger partial charge in [-0.2, -0.15) is 0 Å². The summed E-state index contributed by atoms with van der Waals surface area (Å²) in [6.07, 6.45) is 2.92. The molecule has 0 aliphatic heterocycles. The Labute approximate surface area is 187 Å². The third kappa shape index (κ3) is 7.09. The molecule has 168 valence electrons. The number of hydrogen-bond donors (Lipinski definition) is 3. The lowest BCUT2D eigenvalue weighted by molar-refractivity contribution is -0.124. The summed E-state index contributed by atoms with van der Waals surface area (Å²) in [6, 6.07) is 12.3. The molecule has 0 saturated heterocycles. The molecule has 1 amide bonds. The number of amides is 1. The Balaban J connectivity index is 2.22. The van der Waals surface area contributed by atoms with Crippen molar-refractivity contribution in [3.05, 3.63) is 64.7 Å². The van der Waals surface area contributed by atoms with Crippen LogP contribution in [0.5, 0.6) is 5.75 Å². The van der Waals surface area contributed by atoms with Crippen molar-refractivity contribution >= 4 is 26.0 Å². The summed E-state index contributed by atoms with van der Waals surface area (Å²) >= 11 is 0. The summed E-state index contributed by atoms with van der Waals surface area (Å²) in [6.45, 7) is 15.4. The van der Waals surface area contributed by atoms with Crippen LogP contribution in [0.15, 0.2) is 42.5 Å². The monoisotopic (exact) mass is 442 g/mol. The third-order valence-electron chi connectivity index (χ3n) is 5.04. The standard InChI is InChI=1S/C25H35N2O3P/c1-16(2)20-14-22(17(3)4)25(23(15-20)18(5)6)30-31(7)27-21-11-8-19(9-12-21)10-13-24(28)26-29/h8-18,27,29H,1-7H3,(H,26,28)/b13-10+. The fourth-order valence-electron chi connectivity index (χ4n) is 3.21. The van der Waals surface area contributed by atoms with Crippen molar-refractivity contribution in [2.75, 3.05) is 11.8 Å². The molecule has 0 aliphatic rings. The minimum atomic E-state index is -0.936. The fourth-order valence-corrected chi connectivity index (χ4v) is 4.26. The molecule has 0 aliphatic carbocycles. The molecule has 1 unspecified atom stereocenters. The lowest BCUT2D eigenvalue weighted by atomic mass is 9.88. The summed E-state index contributed by atoms with van der Waals surface area (Å²) in [5.41, 5.74) is 7.26. The van der Waals surface area contributed by atoms with Crippen LogP contribution in [-0.4, -0.2) is 17.8 Å². The smallest absolute Gasteiger partial charge is 0.267 e. The summed E-state index contributed by atoms with van der Waals surface area (Å²) in [7, 11) is -0.936. The summed E-state index contributed by atoms with van der Waals surface area (Å²) in [4.78, 5) is 11.1. The highest BCUT2D eigenvalue weighted by atomic mass is 31.2. The molecule has 31 heavy (non-hydrogen) atoms. The SMILES string of the molecule is CC(C)c1cc(C(C)C)c(OP(C)Nc2ccc(/C=C/C(=O)NO)cc2)c(C(C)C)c1. The van der Waals surface area contributed by atoms with Crippen LogP contribution in [0.4, 0.5) is 5.69 Å². The van der Waals surface area contributed by atoms with E-state index in [1.54, 1.807) is 11.6 Å².